The van der Waals surface area contributed by atoms with Crippen molar-refractivity contribution in [3.8, 4) is 0 Å². The maximum atomic E-state index is 12.9. The highest BCUT2D eigenvalue weighted by molar-refractivity contribution is 8.01. The highest BCUT2D eigenvalue weighted by Crippen LogP contribution is 2.35. The molecule has 1 N–H and O–H groups in total. The fourth-order valence-electron chi connectivity index (χ4n) is 2.86. The van der Waals surface area contributed by atoms with Crippen LogP contribution in [0.4, 0.5) is 10.9 Å². The first-order valence-corrected chi connectivity index (χ1v) is 10.6. The lowest BCUT2D eigenvalue weighted by atomic mass is 10.1. The number of anilines is 2. The molecule has 1 saturated heterocycles. The second-order valence-electron chi connectivity index (χ2n) is 6.31. The van der Waals surface area contributed by atoms with Gasteiger partial charge in [-0.3, -0.25) is 4.79 Å². The summed E-state index contributed by atoms with van der Waals surface area (Å²) in [6.07, 6.45) is 3.58. The molecule has 28 heavy (non-hydrogen) atoms. The van der Waals surface area contributed by atoms with Crippen LogP contribution in [0.5, 0.6) is 0 Å². The average Bonchev–Trinajstić information content (AvgIpc) is 3.17. The van der Waals surface area contributed by atoms with Crippen LogP contribution in [0.1, 0.15) is 15.9 Å². The number of carbonyl (C=O) groups excluding carboxylic acids is 1. The van der Waals surface area contributed by atoms with Crippen molar-refractivity contribution in [1.82, 2.24) is 14.9 Å². The standard InChI is InChI=1S/C20H20N4O2S2/c1-14-5-6-15(12-16(14)19(25)24-8-10-26-11-9-24)27-18-13-22-20(28-18)23-17-4-2-3-7-21-17/h2-7,12-13H,8-11H2,1H3,(H,21,22,23). The third-order valence-corrected chi connectivity index (χ3v) is 6.34. The molecule has 0 aliphatic carbocycles. The molecule has 4 rings (SSSR count). The van der Waals surface area contributed by atoms with Crippen LogP contribution in [0.25, 0.3) is 0 Å². The van der Waals surface area contributed by atoms with Crippen molar-refractivity contribution < 1.29 is 9.53 Å². The number of morpholine rings is 1. The van der Waals surface area contributed by atoms with E-state index in [1.54, 1.807) is 29.3 Å². The average molecular weight is 413 g/mol. The summed E-state index contributed by atoms with van der Waals surface area (Å²) in [6.45, 7) is 4.47. The van der Waals surface area contributed by atoms with Crippen LogP contribution in [0, 0.1) is 6.92 Å². The summed E-state index contributed by atoms with van der Waals surface area (Å²) in [6, 6.07) is 11.7. The van der Waals surface area contributed by atoms with Crippen LogP contribution in [-0.2, 0) is 4.74 Å². The maximum Gasteiger partial charge on any atom is 0.254 e. The zero-order valence-corrected chi connectivity index (χ0v) is 17.1. The number of carbonyl (C=O) groups is 1. The van der Waals surface area contributed by atoms with Gasteiger partial charge in [-0.15, -0.1) is 0 Å². The Morgan fingerprint density at radius 3 is 2.86 bits per heavy atom. The van der Waals surface area contributed by atoms with Crippen molar-refractivity contribution in [2.24, 2.45) is 0 Å². The molecule has 1 aliphatic rings. The third-order valence-electron chi connectivity index (χ3n) is 4.34. The molecule has 1 fully saturated rings. The van der Waals surface area contributed by atoms with E-state index >= 15 is 0 Å². The lowest BCUT2D eigenvalue weighted by Gasteiger charge is -2.27. The number of aryl methyl sites for hydroxylation is 1. The molecule has 0 saturated carbocycles. The van der Waals surface area contributed by atoms with Crippen molar-refractivity contribution in [1.29, 1.82) is 0 Å². The molecule has 2 aromatic heterocycles. The van der Waals surface area contributed by atoms with Gasteiger partial charge in [-0.05, 0) is 36.8 Å². The molecule has 3 heterocycles. The lowest BCUT2D eigenvalue weighted by molar-refractivity contribution is 0.0302. The van der Waals surface area contributed by atoms with Crippen molar-refractivity contribution in [2.45, 2.75) is 16.0 Å². The number of rotatable bonds is 5. The van der Waals surface area contributed by atoms with E-state index in [0.717, 1.165) is 31.2 Å². The predicted molar refractivity (Wildman–Crippen MR) is 112 cm³/mol. The molecule has 1 aromatic carbocycles. The van der Waals surface area contributed by atoms with Gasteiger partial charge >= 0.3 is 0 Å². The Bertz CT molecular complexity index is 956. The van der Waals surface area contributed by atoms with Gasteiger partial charge in [0.25, 0.3) is 5.91 Å². The Kier molecular flexibility index (Phi) is 5.90. The minimum atomic E-state index is 0.0741. The highest BCUT2D eigenvalue weighted by Gasteiger charge is 2.20. The number of nitrogens with one attached hydrogen (secondary N) is 1. The molecular formula is C20H20N4O2S2. The van der Waals surface area contributed by atoms with E-state index in [2.05, 4.69) is 15.3 Å². The van der Waals surface area contributed by atoms with Crippen LogP contribution in [0.3, 0.4) is 0 Å². The Morgan fingerprint density at radius 1 is 1.21 bits per heavy atom. The van der Waals surface area contributed by atoms with Crippen LogP contribution >= 0.6 is 23.1 Å². The number of nitrogens with zero attached hydrogens (tertiary/aromatic N) is 3. The van der Waals surface area contributed by atoms with E-state index in [4.69, 9.17) is 4.74 Å². The summed E-state index contributed by atoms with van der Waals surface area (Å²) in [5.41, 5.74) is 1.74. The molecule has 6 nitrogen and oxygen atoms in total. The minimum Gasteiger partial charge on any atom is -0.378 e. The molecule has 0 spiro atoms. The molecule has 0 radical (unpaired) electrons. The molecule has 1 amide bonds. The van der Waals surface area contributed by atoms with Gasteiger partial charge in [-0.25, -0.2) is 9.97 Å². The number of amides is 1. The van der Waals surface area contributed by atoms with E-state index < -0.39 is 0 Å². The first kappa shape index (κ1) is 18.9. The quantitative estimate of drug-likeness (QED) is 0.677. The molecule has 0 unspecified atom stereocenters. The predicted octanol–water partition coefficient (Wildman–Crippen LogP) is 4.21. The number of hydrogen-bond donors (Lipinski definition) is 1. The molecule has 0 bridgehead atoms. The summed E-state index contributed by atoms with van der Waals surface area (Å²) in [5.74, 6) is 0.840. The largest absolute Gasteiger partial charge is 0.378 e. The Labute approximate surface area is 172 Å². The van der Waals surface area contributed by atoms with E-state index in [-0.39, 0.29) is 5.91 Å². The molecule has 144 valence electrons. The van der Waals surface area contributed by atoms with Gasteiger partial charge in [0.05, 0.1) is 23.6 Å². The van der Waals surface area contributed by atoms with E-state index in [0.29, 0.717) is 26.3 Å². The number of thiazole rings is 1. The van der Waals surface area contributed by atoms with Crippen LogP contribution < -0.4 is 5.32 Å². The maximum absolute atomic E-state index is 12.9. The second kappa shape index (κ2) is 8.72. The Balaban J connectivity index is 1.47. The molecular weight excluding hydrogens is 392 g/mol. The number of pyridine rings is 1. The highest BCUT2D eigenvalue weighted by atomic mass is 32.2. The number of ether oxygens (including phenoxy) is 1. The summed E-state index contributed by atoms with van der Waals surface area (Å²) >= 11 is 3.16. The Hall–Kier alpha value is -2.42. The SMILES string of the molecule is Cc1ccc(Sc2cnc(Nc3ccccn3)s2)cc1C(=O)N1CCOCC1. The Morgan fingerprint density at radius 2 is 2.07 bits per heavy atom. The van der Waals surface area contributed by atoms with Crippen LogP contribution in [-0.4, -0.2) is 47.1 Å². The first-order chi connectivity index (χ1) is 13.7. The van der Waals surface area contributed by atoms with Crippen molar-refractivity contribution in [2.75, 3.05) is 31.6 Å². The molecule has 3 aromatic rings. The normalized spacial score (nSPS) is 14.1. The summed E-state index contributed by atoms with van der Waals surface area (Å²) in [5, 5.41) is 3.99. The van der Waals surface area contributed by atoms with Gasteiger partial charge in [0.15, 0.2) is 5.13 Å². The molecule has 0 atom stereocenters. The van der Waals surface area contributed by atoms with Crippen LogP contribution in [0.2, 0.25) is 0 Å². The monoisotopic (exact) mass is 412 g/mol. The molecule has 1 aliphatic heterocycles. The van der Waals surface area contributed by atoms with E-state index in [1.807, 2.05) is 54.4 Å². The molecule has 8 heteroatoms. The fourth-order valence-corrected chi connectivity index (χ4v) is 4.76. The van der Waals surface area contributed by atoms with Crippen LogP contribution in [0.15, 0.2) is 57.9 Å². The fraction of sp³-hybridized carbons (Fsp3) is 0.250. The summed E-state index contributed by atoms with van der Waals surface area (Å²) in [4.78, 5) is 24.4. The van der Waals surface area contributed by atoms with Crippen molar-refractivity contribution in [3.63, 3.8) is 0 Å². The summed E-state index contributed by atoms with van der Waals surface area (Å²) < 4.78 is 6.40. The number of aromatic nitrogens is 2. The van der Waals surface area contributed by atoms with E-state index in [9.17, 15) is 4.79 Å². The van der Waals surface area contributed by atoms with Gasteiger partial charge in [-0.2, -0.15) is 0 Å². The van der Waals surface area contributed by atoms with Gasteiger partial charge in [0, 0.05) is 29.7 Å². The number of benzene rings is 1. The van der Waals surface area contributed by atoms with E-state index in [1.165, 1.54) is 0 Å². The summed E-state index contributed by atoms with van der Waals surface area (Å²) in [7, 11) is 0. The zero-order valence-electron chi connectivity index (χ0n) is 15.4. The lowest BCUT2D eigenvalue weighted by Crippen LogP contribution is -2.40. The third kappa shape index (κ3) is 4.52. The number of hydrogen-bond acceptors (Lipinski definition) is 7. The van der Waals surface area contributed by atoms with Crippen molar-refractivity contribution in [3.05, 3.63) is 59.9 Å². The topological polar surface area (TPSA) is 67.4 Å². The smallest absolute Gasteiger partial charge is 0.254 e. The zero-order chi connectivity index (χ0) is 19.3. The van der Waals surface area contributed by atoms with Gasteiger partial charge < -0.3 is 15.0 Å². The van der Waals surface area contributed by atoms with Gasteiger partial charge in [0.2, 0.25) is 0 Å². The van der Waals surface area contributed by atoms with Gasteiger partial charge in [0.1, 0.15) is 5.82 Å². The minimum absolute atomic E-state index is 0.0741. The first-order valence-electron chi connectivity index (χ1n) is 8.98. The second-order valence-corrected chi connectivity index (χ2v) is 8.71. The van der Waals surface area contributed by atoms with Crippen molar-refractivity contribution >= 4 is 40.0 Å². The van der Waals surface area contributed by atoms with Gasteiger partial charge in [-0.1, -0.05) is 35.2 Å².